The zero-order valence-corrected chi connectivity index (χ0v) is 20.2. The Morgan fingerprint density at radius 2 is 1.85 bits per heavy atom. The number of aromatic nitrogens is 4. The molecule has 1 fully saturated rings. The molecule has 0 aliphatic heterocycles. The second-order valence-electron chi connectivity index (χ2n) is 8.53. The molecule has 2 atom stereocenters. The summed E-state index contributed by atoms with van der Waals surface area (Å²) in [6, 6.07) is 9.82. The summed E-state index contributed by atoms with van der Waals surface area (Å²) in [5, 5.41) is 11.0. The lowest BCUT2D eigenvalue weighted by molar-refractivity contribution is 0.0910. The molecule has 1 aliphatic carbocycles. The van der Waals surface area contributed by atoms with Crippen LogP contribution in [0.15, 0.2) is 36.5 Å². The summed E-state index contributed by atoms with van der Waals surface area (Å²) in [6.07, 6.45) is 5.77. The smallest absolute Gasteiger partial charge is 0.269 e. The largest absolute Gasteiger partial charge is 0.346 e. The van der Waals surface area contributed by atoms with Crippen LogP contribution >= 0.6 is 12.4 Å². The molecule has 2 aromatic heterocycles. The SMILES string of the molecule is CCn1nc(-c2ccnc(Nc3cc(C)cc(C)c3)n2)cc1C(=O)N[C@H]1CCCC[C@H]1N.Cl. The molecule has 33 heavy (non-hydrogen) atoms. The van der Waals surface area contributed by atoms with Gasteiger partial charge < -0.3 is 16.4 Å². The number of hydrogen-bond donors (Lipinski definition) is 3. The molecule has 0 radical (unpaired) electrons. The van der Waals surface area contributed by atoms with E-state index in [9.17, 15) is 4.79 Å². The van der Waals surface area contributed by atoms with Crippen molar-refractivity contribution in [3.8, 4) is 11.4 Å². The summed E-state index contributed by atoms with van der Waals surface area (Å²) in [5.74, 6) is 0.341. The van der Waals surface area contributed by atoms with Gasteiger partial charge in [0.05, 0.1) is 5.69 Å². The Morgan fingerprint density at radius 3 is 2.55 bits per heavy atom. The summed E-state index contributed by atoms with van der Waals surface area (Å²) < 4.78 is 1.71. The van der Waals surface area contributed by atoms with Crippen molar-refractivity contribution in [2.45, 2.75) is 65.1 Å². The van der Waals surface area contributed by atoms with Gasteiger partial charge in [0.1, 0.15) is 11.4 Å². The molecule has 4 rings (SSSR count). The van der Waals surface area contributed by atoms with E-state index in [2.05, 4.69) is 45.6 Å². The van der Waals surface area contributed by atoms with Crippen molar-refractivity contribution in [2.24, 2.45) is 5.73 Å². The highest BCUT2D eigenvalue weighted by atomic mass is 35.5. The summed E-state index contributed by atoms with van der Waals surface area (Å²) >= 11 is 0. The third-order valence-corrected chi connectivity index (χ3v) is 5.84. The van der Waals surface area contributed by atoms with Crippen LogP contribution in [0.1, 0.15) is 54.2 Å². The van der Waals surface area contributed by atoms with Gasteiger partial charge in [0, 0.05) is 30.5 Å². The Balaban J connectivity index is 0.00000306. The molecule has 8 nitrogen and oxygen atoms in total. The van der Waals surface area contributed by atoms with Gasteiger partial charge in [-0.1, -0.05) is 18.9 Å². The second kappa shape index (κ2) is 10.8. The van der Waals surface area contributed by atoms with E-state index in [0.717, 1.165) is 31.4 Å². The standard InChI is InChI=1S/C24H31N7O.ClH/c1-4-31-22(23(32)28-19-8-6-5-7-18(19)25)14-21(30-31)20-9-10-26-24(29-20)27-17-12-15(2)11-16(3)13-17;/h9-14,18-19H,4-8,25H2,1-3H3,(H,28,32)(H,26,27,29);1H/t18-,19+;/m1./s1. The van der Waals surface area contributed by atoms with E-state index < -0.39 is 0 Å². The minimum absolute atomic E-state index is 0. The van der Waals surface area contributed by atoms with Crippen LogP contribution in [0.25, 0.3) is 11.4 Å². The molecule has 1 aliphatic rings. The van der Waals surface area contributed by atoms with Crippen LogP contribution < -0.4 is 16.4 Å². The van der Waals surface area contributed by atoms with E-state index in [4.69, 9.17) is 5.73 Å². The van der Waals surface area contributed by atoms with Crippen molar-refractivity contribution in [1.82, 2.24) is 25.1 Å². The summed E-state index contributed by atoms with van der Waals surface area (Å²) in [6.45, 7) is 6.66. The Bertz CT molecular complexity index is 1090. The number of nitrogens with two attached hydrogens (primary N) is 1. The monoisotopic (exact) mass is 469 g/mol. The van der Waals surface area contributed by atoms with Gasteiger partial charge in [-0.25, -0.2) is 9.97 Å². The number of anilines is 2. The van der Waals surface area contributed by atoms with Crippen molar-refractivity contribution in [1.29, 1.82) is 0 Å². The maximum atomic E-state index is 13.0. The Labute approximate surface area is 200 Å². The van der Waals surface area contributed by atoms with Crippen LogP contribution in [0, 0.1) is 13.8 Å². The highest BCUT2D eigenvalue weighted by molar-refractivity contribution is 5.94. The van der Waals surface area contributed by atoms with E-state index in [-0.39, 0.29) is 30.4 Å². The molecular weight excluding hydrogens is 438 g/mol. The van der Waals surface area contributed by atoms with Gasteiger partial charge in [0.25, 0.3) is 5.91 Å². The first-order valence-corrected chi connectivity index (χ1v) is 11.3. The molecule has 3 aromatic rings. The molecule has 2 heterocycles. The van der Waals surface area contributed by atoms with Crippen LogP contribution in [0.4, 0.5) is 11.6 Å². The molecule has 9 heteroatoms. The third-order valence-electron chi connectivity index (χ3n) is 5.84. The molecule has 0 saturated heterocycles. The van der Waals surface area contributed by atoms with Gasteiger partial charge in [-0.2, -0.15) is 5.10 Å². The predicted molar refractivity (Wildman–Crippen MR) is 133 cm³/mol. The molecule has 0 bridgehead atoms. The molecule has 4 N–H and O–H groups in total. The maximum absolute atomic E-state index is 13.0. The molecule has 176 valence electrons. The number of nitrogens with one attached hydrogen (secondary N) is 2. The number of carbonyl (C=O) groups is 1. The summed E-state index contributed by atoms with van der Waals surface area (Å²) in [5.41, 5.74) is 11.3. The lowest BCUT2D eigenvalue weighted by Crippen LogP contribution is -2.49. The van der Waals surface area contributed by atoms with Crippen molar-refractivity contribution < 1.29 is 4.79 Å². The van der Waals surface area contributed by atoms with Gasteiger partial charge in [-0.3, -0.25) is 9.48 Å². The molecule has 1 aromatic carbocycles. The van der Waals surface area contributed by atoms with Crippen LogP contribution in [0.2, 0.25) is 0 Å². The quantitative estimate of drug-likeness (QED) is 0.500. The van der Waals surface area contributed by atoms with Crippen molar-refractivity contribution in [3.63, 3.8) is 0 Å². The Hall–Kier alpha value is -2.97. The number of carbonyl (C=O) groups excluding carboxylic acids is 1. The molecule has 1 amide bonds. The average molecular weight is 470 g/mol. The fourth-order valence-corrected chi connectivity index (χ4v) is 4.28. The third kappa shape index (κ3) is 5.89. The van der Waals surface area contributed by atoms with Crippen molar-refractivity contribution in [3.05, 3.63) is 53.3 Å². The van der Waals surface area contributed by atoms with E-state index in [1.807, 2.05) is 19.1 Å². The van der Waals surface area contributed by atoms with Crippen LogP contribution in [0.3, 0.4) is 0 Å². The number of halogens is 1. The lowest BCUT2D eigenvalue weighted by Gasteiger charge is -2.29. The highest BCUT2D eigenvalue weighted by Crippen LogP contribution is 2.22. The topological polar surface area (TPSA) is 111 Å². The number of rotatable bonds is 6. The predicted octanol–water partition coefficient (Wildman–Crippen LogP) is 4.14. The van der Waals surface area contributed by atoms with Gasteiger partial charge in [-0.05, 0) is 69.0 Å². The van der Waals surface area contributed by atoms with Crippen molar-refractivity contribution >= 4 is 29.9 Å². The molecule has 1 saturated carbocycles. The van der Waals surface area contributed by atoms with Gasteiger partial charge in [0.15, 0.2) is 0 Å². The summed E-state index contributed by atoms with van der Waals surface area (Å²) in [7, 11) is 0. The van der Waals surface area contributed by atoms with Crippen LogP contribution in [-0.4, -0.2) is 37.7 Å². The number of hydrogen-bond acceptors (Lipinski definition) is 6. The maximum Gasteiger partial charge on any atom is 0.269 e. The van der Waals surface area contributed by atoms with Gasteiger partial charge >= 0.3 is 0 Å². The van der Waals surface area contributed by atoms with E-state index in [0.29, 0.717) is 29.6 Å². The molecule has 0 spiro atoms. The minimum atomic E-state index is -0.143. The summed E-state index contributed by atoms with van der Waals surface area (Å²) in [4.78, 5) is 21.9. The number of amides is 1. The van der Waals surface area contributed by atoms with Crippen molar-refractivity contribution in [2.75, 3.05) is 5.32 Å². The number of nitrogens with zero attached hydrogens (tertiary/aromatic N) is 4. The lowest BCUT2D eigenvalue weighted by atomic mass is 9.91. The highest BCUT2D eigenvalue weighted by Gasteiger charge is 2.25. The number of benzene rings is 1. The van der Waals surface area contributed by atoms with Crippen LogP contribution in [-0.2, 0) is 6.54 Å². The fourth-order valence-electron chi connectivity index (χ4n) is 4.28. The average Bonchev–Trinajstić information content (AvgIpc) is 3.20. The second-order valence-corrected chi connectivity index (χ2v) is 8.53. The number of aryl methyl sites for hydroxylation is 3. The first-order chi connectivity index (χ1) is 15.4. The van der Waals surface area contributed by atoms with E-state index in [1.165, 1.54) is 11.1 Å². The first-order valence-electron chi connectivity index (χ1n) is 11.3. The Morgan fingerprint density at radius 1 is 1.12 bits per heavy atom. The molecular formula is C24H32ClN7O. The molecule has 0 unspecified atom stereocenters. The zero-order valence-electron chi connectivity index (χ0n) is 19.3. The fraction of sp³-hybridized carbons (Fsp3) is 0.417. The minimum Gasteiger partial charge on any atom is -0.346 e. The normalized spacial score (nSPS) is 17.8. The first kappa shape index (κ1) is 24.7. The van der Waals surface area contributed by atoms with Gasteiger partial charge in [0.2, 0.25) is 5.95 Å². The van der Waals surface area contributed by atoms with E-state index in [1.54, 1.807) is 23.0 Å². The zero-order chi connectivity index (χ0) is 22.7. The van der Waals surface area contributed by atoms with Gasteiger partial charge in [-0.15, -0.1) is 12.4 Å². The van der Waals surface area contributed by atoms with E-state index >= 15 is 0 Å². The van der Waals surface area contributed by atoms with Crippen LogP contribution in [0.5, 0.6) is 0 Å². The Kier molecular flexibility index (Phi) is 8.05.